The highest BCUT2D eigenvalue weighted by molar-refractivity contribution is 5.96. The van der Waals surface area contributed by atoms with Gasteiger partial charge in [0.25, 0.3) is 0 Å². The standard InChI is InChI=1S/C29H31F2N3O/c30-24-10-8-23(9-11-24)26-7-4-14-34(28-19-25(31)12-13-27(26)28)29(35)21-33-17-15-32(16-18-33)20-22-5-2-1-3-6-22/h1-3,5-6,8-13,19,26H,4,7,14-18,20-21H2. The Morgan fingerprint density at radius 3 is 2.23 bits per heavy atom. The van der Waals surface area contributed by atoms with Crippen LogP contribution in [0.5, 0.6) is 0 Å². The third-order valence-corrected chi connectivity index (χ3v) is 7.18. The van der Waals surface area contributed by atoms with Gasteiger partial charge in [0.15, 0.2) is 0 Å². The Labute approximate surface area is 205 Å². The van der Waals surface area contributed by atoms with Gasteiger partial charge in [0.1, 0.15) is 11.6 Å². The zero-order chi connectivity index (χ0) is 24.2. The van der Waals surface area contributed by atoms with E-state index in [9.17, 15) is 13.6 Å². The smallest absolute Gasteiger partial charge is 0.241 e. The summed E-state index contributed by atoms with van der Waals surface area (Å²) in [6.07, 6.45) is 1.63. The van der Waals surface area contributed by atoms with Gasteiger partial charge in [-0.1, -0.05) is 48.5 Å². The van der Waals surface area contributed by atoms with Gasteiger partial charge in [-0.25, -0.2) is 8.78 Å². The highest BCUT2D eigenvalue weighted by Gasteiger charge is 2.29. The van der Waals surface area contributed by atoms with Gasteiger partial charge in [0.2, 0.25) is 5.91 Å². The SMILES string of the molecule is O=C(CN1CCN(Cc2ccccc2)CC1)N1CCCC(c2ccc(F)cc2)c2ccc(F)cc21. The first kappa shape index (κ1) is 23.6. The summed E-state index contributed by atoms with van der Waals surface area (Å²) in [4.78, 5) is 19.8. The number of amides is 1. The number of rotatable bonds is 5. The first-order chi connectivity index (χ1) is 17.1. The molecule has 0 aliphatic carbocycles. The Morgan fingerprint density at radius 2 is 1.49 bits per heavy atom. The quantitative estimate of drug-likeness (QED) is 0.517. The van der Waals surface area contributed by atoms with Gasteiger partial charge in [-0.3, -0.25) is 14.6 Å². The van der Waals surface area contributed by atoms with Gasteiger partial charge in [-0.15, -0.1) is 0 Å². The third-order valence-electron chi connectivity index (χ3n) is 7.18. The lowest BCUT2D eigenvalue weighted by molar-refractivity contribution is -0.120. The van der Waals surface area contributed by atoms with Crippen molar-refractivity contribution in [2.24, 2.45) is 0 Å². The molecule has 0 saturated carbocycles. The number of hydrogen-bond acceptors (Lipinski definition) is 3. The molecule has 0 N–H and O–H groups in total. The van der Waals surface area contributed by atoms with E-state index in [0.717, 1.165) is 56.7 Å². The van der Waals surface area contributed by atoms with E-state index in [1.54, 1.807) is 23.1 Å². The van der Waals surface area contributed by atoms with E-state index in [1.807, 2.05) is 6.07 Å². The molecule has 4 nitrogen and oxygen atoms in total. The molecule has 1 fully saturated rings. The predicted molar refractivity (Wildman–Crippen MR) is 134 cm³/mol. The minimum Gasteiger partial charge on any atom is -0.311 e. The van der Waals surface area contributed by atoms with Crippen LogP contribution >= 0.6 is 0 Å². The molecule has 0 bridgehead atoms. The molecule has 3 aromatic rings. The molecule has 5 rings (SSSR count). The lowest BCUT2D eigenvalue weighted by atomic mass is 9.87. The monoisotopic (exact) mass is 475 g/mol. The van der Waals surface area contributed by atoms with Crippen LogP contribution in [-0.4, -0.2) is 55.0 Å². The van der Waals surface area contributed by atoms with Crippen molar-refractivity contribution in [1.82, 2.24) is 9.80 Å². The Balaban J connectivity index is 1.27. The summed E-state index contributed by atoms with van der Waals surface area (Å²) < 4.78 is 27.8. The van der Waals surface area contributed by atoms with Gasteiger partial charge in [-0.05, 0) is 53.8 Å². The average Bonchev–Trinajstić information content (AvgIpc) is 3.06. The number of halogens is 2. The number of hydrogen-bond donors (Lipinski definition) is 0. The molecule has 2 aliphatic rings. The molecule has 0 spiro atoms. The van der Waals surface area contributed by atoms with Crippen LogP contribution in [0.1, 0.15) is 35.4 Å². The van der Waals surface area contributed by atoms with E-state index in [-0.39, 0.29) is 23.5 Å². The molecule has 35 heavy (non-hydrogen) atoms. The molecule has 1 unspecified atom stereocenters. The van der Waals surface area contributed by atoms with Crippen LogP contribution in [0.2, 0.25) is 0 Å². The highest BCUT2D eigenvalue weighted by Crippen LogP contribution is 2.39. The van der Waals surface area contributed by atoms with Gasteiger partial charge >= 0.3 is 0 Å². The average molecular weight is 476 g/mol. The zero-order valence-corrected chi connectivity index (χ0v) is 19.9. The van der Waals surface area contributed by atoms with Crippen LogP contribution in [0.15, 0.2) is 72.8 Å². The van der Waals surface area contributed by atoms with Crippen LogP contribution in [0, 0.1) is 11.6 Å². The van der Waals surface area contributed by atoms with E-state index >= 15 is 0 Å². The van der Waals surface area contributed by atoms with Crippen molar-refractivity contribution < 1.29 is 13.6 Å². The van der Waals surface area contributed by atoms with E-state index in [4.69, 9.17) is 0 Å². The Bertz CT molecular complexity index is 1140. The summed E-state index contributed by atoms with van der Waals surface area (Å²) in [6.45, 7) is 5.31. The molecule has 1 saturated heterocycles. The lowest BCUT2D eigenvalue weighted by Gasteiger charge is -2.35. The summed E-state index contributed by atoms with van der Waals surface area (Å²) in [6, 6.07) is 21.7. The molecule has 6 heteroatoms. The summed E-state index contributed by atoms with van der Waals surface area (Å²) in [5.41, 5.74) is 3.86. The van der Waals surface area contributed by atoms with Crippen LogP contribution in [-0.2, 0) is 11.3 Å². The summed E-state index contributed by atoms with van der Waals surface area (Å²) in [5.74, 6) is -0.614. The van der Waals surface area contributed by atoms with Gasteiger partial charge in [0, 0.05) is 45.2 Å². The van der Waals surface area contributed by atoms with Gasteiger partial charge in [-0.2, -0.15) is 0 Å². The molecule has 2 heterocycles. The maximum atomic E-state index is 14.3. The molecule has 1 atom stereocenters. The van der Waals surface area contributed by atoms with E-state index < -0.39 is 0 Å². The maximum Gasteiger partial charge on any atom is 0.241 e. The van der Waals surface area contributed by atoms with Crippen molar-refractivity contribution in [2.75, 3.05) is 44.2 Å². The normalized spacial score (nSPS) is 19.3. The minimum atomic E-state index is -0.351. The lowest BCUT2D eigenvalue weighted by Crippen LogP contribution is -2.50. The van der Waals surface area contributed by atoms with E-state index in [2.05, 4.69) is 34.1 Å². The number of benzene rings is 3. The number of carbonyl (C=O) groups excluding carboxylic acids is 1. The predicted octanol–water partition coefficient (Wildman–Crippen LogP) is 5.04. The molecule has 0 radical (unpaired) electrons. The van der Waals surface area contributed by atoms with Crippen LogP contribution in [0.25, 0.3) is 0 Å². The molecule has 0 aromatic heterocycles. The fourth-order valence-corrected chi connectivity index (χ4v) is 5.30. The first-order valence-corrected chi connectivity index (χ1v) is 12.4. The highest BCUT2D eigenvalue weighted by atomic mass is 19.1. The molecular formula is C29H31F2N3O. The summed E-state index contributed by atoms with van der Waals surface area (Å²) in [5, 5.41) is 0. The minimum absolute atomic E-state index is 0.00512. The third kappa shape index (κ3) is 5.60. The second-order valence-electron chi connectivity index (χ2n) is 9.53. The Kier molecular flexibility index (Phi) is 7.21. The van der Waals surface area contributed by atoms with Crippen LogP contribution < -0.4 is 4.90 Å². The number of piperazine rings is 1. The summed E-state index contributed by atoms with van der Waals surface area (Å²) >= 11 is 0. The van der Waals surface area contributed by atoms with Crippen LogP contribution in [0.4, 0.5) is 14.5 Å². The number of fused-ring (bicyclic) bond motifs is 1. The van der Waals surface area contributed by atoms with Gasteiger partial charge in [0.05, 0.1) is 12.2 Å². The largest absolute Gasteiger partial charge is 0.311 e. The fraction of sp³-hybridized carbons (Fsp3) is 0.345. The number of nitrogens with zero attached hydrogens (tertiary/aromatic N) is 3. The molecular weight excluding hydrogens is 444 g/mol. The van der Waals surface area contributed by atoms with Crippen molar-refractivity contribution in [3.05, 3.63) is 101 Å². The number of anilines is 1. The van der Waals surface area contributed by atoms with Crippen molar-refractivity contribution in [3.8, 4) is 0 Å². The van der Waals surface area contributed by atoms with E-state index in [1.165, 1.54) is 29.8 Å². The Morgan fingerprint density at radius 1 is 0.800 bits per heavy atom. The van der Waals surface area contributed by atoms with Crippen molar-refractivity contribution in [3.63, 3.8) is 0 Å². The van der Waals surface area contributed by atoms with Crippen molar-refractivity contribution in [2.45, 2.75) is 25.3 Å². The van der Waals surface area contributed by atoms with E-state index in [0.29, 0.717) is 18.8 Å². The topological polar surface area (TPSA) is 26.8 Å². The molecule has 2 aliphatic heterocycles. The molecule has 3 aromatic carbocycles. The van der Waals surface area contributed by atoms with Crippen molar-refractivity contribution in [1.29, 1.82) is 0 Å². The first-order valence-electron chi connectivity index (χ1n) is 12.4. The van der Waals surface area contributed by atoms with Gasteiger partial charge < -0.3 is 4.90 Å². The Hall–Kier alpha value is -3.09. The fourth-order valence-electron chi connectivity index (χ4n) is 5.30. The number of carbonyl (C=O) groups is 1. The van der Waals surface area contributed by atoms with Crippen LogP contribution in [0.3, 0.4) is 0 Å². The molecule has 182 valence electrons. The molecule has 1 amide bonds. The maximum absolute atomic E-state index is 14.3. The van der Waals surface area contributed by atoms with Crippen molar-refractivity contribution >= 4 is 11.6 Å². The second kappa shape index (κ2) is 10.7. The second-order valence-corrected chi connectivity index (χ2v) is 9.53. The summed E-state index contributed by atoms with van der Waals surface area (Å²) in [7, 11) is 0. The zero-order valence-electron chi connectivity index (χ0n) is 19.9.